The quantitative estimate of drug-likeness (QED) is 0.732. The van der Waals surface area contributed by atoms with Gasteiger partial charge in [-0.25, -0.2) is 15.0 Å². The smallest absolute Gasteiger partial charge is 0.188 e. The predicted molar refractivity (Wildman–Crippen MR) is 98.0 cm³/mol. The first-order valence-electron chi connectivity index (χ1n) is 8.48. The zero-order valence-corrected chi connectivity index (χ0v) is 15.0. The Hall–Kier alpha value is -2.32. The Morgan fingerprint density at radius 3 is 3.00 bits per heavy atom. The number of likely N-dealkylation sites (tertiary alicyclic amines) is 1. The van der Waals surface area contributed by atoms with Gasteiger partial charge in [0.15, 0.2) is 10.9 Å². The van der Waals surface area contributed by atoms with Gasteiger partial charge in [-0.15, -0.1) is 11.3 Å². The van der Waals surface area contributed by atoms with Crippen LogP contribution >= 0.6 is 11.3 Å². The van der Waals surface area contributed by atoms with Gasteiger partial charge in [-0.2, -0.15) is 0 Å². The summed E-state index contributed by atoms with van der Waals surface area (Å²) >= 11 is 1.63. The van der Waals surface area contributed by atoms with Gasteiger partial charge < -0.3 is 10.3 Å². The number of H-pyrrole nitrogens is 1. The van der Waals surface area contributed by atoms with E-state index in [0.29, 0.717) is 5.92 Å². The summed E-state index contributed by atoms with van der Waals surface area (Å²) in [5, 5.41) is 4.22. The summed E-state index contributed by atoms with van der Waals surface area (Å²) < 4.78 is 0. The summed E-state index contributed by atoms with van der Waals surface area (Å²) in [5.74, 6) is 1.19. The fourth-order valence-corrected chi connectivity index (χ4v) is 3.96. The molecule has 0 bridgehead atoms. The lowest BCUT2D eigenvalue weighted by atomic mass is 9.94. The number of anilines is 2. The highest BCUT2D eigenvalue weighted by atomic mass is 32.1. The molecule has 3 aromatic heterocycles. The second-order valence-electron chi connectivity index (χ2n) is 6.34. The number of hydrogen-bond acceptors (Lipinski definition) is 7. The Morgan fingerprint density at radius 2 is 2.20 bits per heavy atom. The number of rotatable bonds is 5. The van der Waals surface area contributed by atoms with Gasteiger partial charge in [-0.1, -0.05) is 0 Å². The van der Waals surface area contributed by atoms with Crippen LogP contribution < -0.4 is 5.32 Å². The van der Waals surface area contributed by atoms with E-state index in [9.17, 15) is 0 Å². The second kappa shape index (κ2) is 7.28. The first-order chi connectivity index (χ1) is 12.3. The van der Waals surface area contributed by atoms with Crippen LogP contribution in [0.2, 0.25) is 0 Å². The lowest BCUT2D eigenvalue weighted by molar-refractivity contribution is 0.197. The van der Waals surface area contributed by atoms with Gasteiger partial charge in [0.05, 0.1) is 12.0 Å². The van der Waals surface area contributed by atoms with Crippen molar-refractivity contribution in [2.75, 3.05) is 18.4 Å². The van der Waals surface area contributed by atoms with E-state index in [0.717, 1.165) is 54.8 Å². The number of thiazole rings is 1. The topological polar surface area (TPSA) is 82.6 Å². The zero-order chi connectivity index (χ0) is 17.1. The predicted octanol–water partition coefficient (Wildman–Crippen LogP) is 3.09. The Kier molecular flexibility index (Phi) is 4.71. The number of aromatic nitrogens is 5. The molecule has 130 valence electrons. The highest BCUT2D eigenvalue weighted by molar-refractivity contribution is 7.15. The molecule has 1 aliphatic rings. The molecular weight excluding hydrogens is 334 g/mol. The molecule has 0 aliphatic carbocycles. The van der Waals surface area contributed by atoms with Gasteiger partial charge >= 0.3 is 0 Å². The molecule has 1 saturated heterocycles. The van der Waals surface area contributed by atoms with Crippen LogP contribution in [-0.2, 0) is 6.54 Å². The van der Waals surface area contributed by atoms with Crippen molar-refractivity contribution in [2.24, 2.45) is 0 Å². The second-order valence-corrected chi connectivity index (χ2v) is 7.58. The van der Waals surface area contributed by atoms with E-state index >= 15 is 0 Å². The van der Waals surface area contributed by atoms with Crippen LogP contribution in [0.4, 0.5) is 10.9 Å². The molecule has 0 amide bonds. The number of aryl methyl sites for hydroxylation is 1. The molecule has 0 saturated carbocycles. The van der Waals surface area contributed by atoms with Crippen molar-refractivity contribution in [3.8, 4) is 0 Å². The van der Waals surface area contributed by atoms with Crippen LogP contribution in [0.25, 0.3) is 0 Å². The highest BCUT2D eigenvalue weighted by Gasteiger charge is 2.25. The van der Waals surface area contributed by atoms with Gasteiger partial charge in [-0.05, 0) is 26.3 Å². The Bertz CT molecular complexity index is 814. The molecule has 0 spiro atoms. The number of hydrogen-bond donors (Lipinski definition) is 2. The van der Waals surface area contributed by atoms with Crippen molar-refractivity contribution in [2.45, 2.75) is 32.2 Å². The molecule has 0 aromatic carbocycles. The number of piperidine rings is 1. The fraction of sp³-hybridized carbons (Fsp3) is 0.412. The van der Waals surface area contributed by atoms with Gasteiger partial charge in [0.25, 0.3) is 0 Å². The first-order valence-corrected chi connectivity index (χ1v) is 9.29. The third kappa shape index (κ3) is 3.85. The minimum Gasteiger partial charge on any atom is -0.347 e. The average molecular weight is 355 g/mol. The third-order valence-electron chi connectivity index (χ3n) is 4.41. The van der Waals surface area contributed by atoms with Crippen molar-refractivity contribution in [1.82, 2.24) is 29.8 Å². The summed E-state index contributed by atoms with van der Waals surface area (Å²) in [6.45, 7) is 5.02. The largest absolute Gasteiger partial charge is 0.347 e. The molecule has 1 fully saturated rings. The normalized spacial score (nSPS) is 18.4. The van der Waals surface area contributed by atoms with Crippen LogP contribution in [0.3, 0.4) is 0 Å². The molecule has 7 nitrogen and oxygen atoms in total. The molecule has 25 heavy (non-hydrogen) atoms. The van der Waals surface area contributed by atoms with Crippen molar-refractivity contribution in [3.05, 3.63) is 47.4 Å². The Balaban J connectivity index is 1.50. The van der Waals surface area contributed by atoms with Gasteiger partial charge in [0.2, 0.25) is 0 Å². The number of aromatic amines is 1. The van der Waals surface area contributed by atoms with E-state index in [2.05, 4.69) is 42.1 Å². The molecular formula is C17H21N7S. The fourth-order valence-electron chi connectivity index (χ4n) is 3.29. The SMILES string of the molecule is Cc1cnc(Nc2nccnc2[C@@H]2CCCN(Cc3cnc[nH]3)C2)s1. The van der Waals surface area contributed by atoms with Crippen LogP contribution in [0.5, 0.6) is 0 Å². The van der Waals surface area contributed by atoms with Crippen LogP contribution in [0, 0.1) is 6.92 Å². The summed E-state index contributed by atoms with van der Waals surface area (Å²) in [5.41, 5.74) is 2.18. The molecule has 0 radical (unpaired) electrons. The standard InChI is InChI=1S/C17H21N7S/c1-12-7-21-17(25-12)23-16-15(19-4-5-20-16)13-3-2-6-24(9-13)10-14-8-18-11-22-14/h4-5,7-8,11,13H,2-3,6,9-10H2,1H3,(H,18,22)(H,20,21,23)/t13-/m1/s1. The average Bonchev–Trinajstić information content (AvgIpc) is 3.27. The summed E-state index contributed by atoms with van der Waals surface area (Å²) in [4.78, 5) is 24.5. The molecule has 4 rings (SSSR count). The van der Waals surface area contributed by atoms with E-state index in [1.165, 1.54) is 4.88 Å². The molecule has 1 aliphatic heterocycles. The van der Waals surface area contributed by atoms with E-state index in [4.69, 9.17) is 0 Å². The summed E-state index contributed by atoms with van der Waals surface area (Å²) in [7, 11) is 0. The molecule has 8 heteroatoms. The highest BCUT2D eigenvalue weighted by Crippen LogP contribution is 2.31. The lowest BCUT2D eigenvalue weighted by Crippen LogP contribution is -2.34. The van der Waals surface area contributed by atoms with E-state index in [-0.39, 0.29) is 0 Å². The van der Waals surface area contributed by atoms with Crippen molar-refractivity contribution in [3.63, 3.8) is 0 Å². The number of nitrogens with zero attached hydrogens (tertiary/aromatic N) is 5. The van der Waals surface area contributed by atoms with E-state index in [1.54, 1.807) is 30.1 Å². The lowest BCUT2D eigenvalue weighted by Gasteiger charge is -2.32. The van der Waals surface area contributed by atoms with E-state index in [1.807, 2.05) is 12.4 Å². The Labute approximate surface area is 150 Å². The maximum absolute atomic E-state index is 4.64. The zero-order valence-electron chi connectivity index (χ0n) is 14.1. The maximum Gasteiger partial charge on any atom is 0.188 e. The van der Waals surface area contributed by atoms with Crippen molar-refractivity contribution in [1.29, 1.82) is 0 Å². The molecule has 4 heterocycles. The van der Waals surface area contributed by atoms with Gasteiger partial charge in [0, 0.05) is 54.4 Å². The third-order valence-corrected chi connectivity index (χ3v) is 5.24. The van der Waals surface area contributed by atoms with Crippen LogP contribution in [0.1, 0.15) is 35.0 Å². The Morgan fingerprint density at radius 1 is 1.28 bits per heavy atom. The van der Waals surface area contributed by atoms with Gasteiger partial charge in [-0.3, -0.25) is 9.88 Å². The molecule has 1 atom stereocenters. The van der Waals surface area contributed by atoms with Crippen LogP contribution in [-0.4, -0.2) is 42.9 Å². The maximum atomic E-state index is 4.64. The molecule has 2 N–H and O–H groups in total. The minimum absolute atomic E-state index is 0.369. The number of nitrogens with one attached hydrogen (secondary N) is 2. The van der Waals surface area contributed by atoms with Crippen molar-refractivity contribution < 1.29 is 0 Å². The van der Waals surface area contributed by atoms with E-state index < -0.39 is 0 Å². The summed E-state index contributed by atoms with van der Waals surface area (Å²) in [6.07, 6.45) is 11.3. The van der Waals surface area contributed by atoms with Crippen LogP contribution in [0.15, 0.2) is 31.1 Å². The minimum atomic E-state index is 0.369. The molecule has 3 aromatic rings. The number of imidazole rings is 1. The summed E-state index contributed by atoms with van der Waals surface area (Å²) in [6, 6.07) is 0. The van der Waals surface area contributed by atoms with Gasteiger partial charge in [0.1, 0.15) is 0 Å². The monoisotopic (exact) mass is 355 g/mol. The molecule has 0 unspecified atom stereocenters. The van der Waals surface area contributed by atoms with Crippen molar-refractivity contribution >= 4 is 22.3 Å². The first kappa shape index (κ1) is 16.2.